The van der Waals surface area contributed by atoms with E-state index in [2.05, 4.69) is 13.3 Å². The number of alkyl halides is 16. The van der Waals surface area contributed by atoms with Gasteiger partial charge in [0.15, 0.2) is 6.17 Å². The lowest BCUT2D eigenvalue weighted by atomic mass is 9.91. The van der Waals surface area contributed by atoms with Crippen LogP contribution in [0.2, 0.25) is 0 Å². The third-order valence-corrected chi connectivity index (χ3v) is 6.96. The number of hydrogen-bond acceptors (Lipinski definition) is 3. The van der Waals surface area contributed by atoms with Crippen LogP contribution in [0.5, 0.6) is 0 Å². The molecule has 0 spiro atoms. The van der Waals surface area contributed by atoms with Crippen molar-refractivity contribution in [3.63, 3.8) is 0 Å². The molecule has 1 atom stereocenters. The summed E-state index contributed by atoms with van der Waals surface area (Å²) in [7, 11) is -6.22. The van der Waals surface area contributed by atoms with Crippen molar-refractivity contribution in [2.24, 2.45) is 0 Å². The van der Waals surface area contributed by atoms with Gasteiger partial charge in [0.05, 0.1) is 0 Å². The molecule has 3 nitrogen and oxygen atoms in total. The van der Waals surface area contributed by atoms with Crippen molar-refractivity contribution >= 4 is 8.80 Å². The molecule has 0 aliphatic rings. The van der Waals surface area contributed by atoms with Crippen LogP contribution in [0, 0.1) is 0 Å². The Hall–Kier alpha value is -1.02. The Balaban J connectivity index is 6.58. The van der Waals surface area contributed by atoms with Gasteiger partial charge in [-0.1, -0.05) is 0 Å². The summed E-state index contributed by atoms with van der Waals surface area (Å²) in [6, 6.07) is 0. The highest BCUT2D eigenvalue weighted by molar-refractivity contribution is 6.63. The highest BCUT2D eigenvalue weighted by Gasteiger charge is 2.94. The first-order valence-electron chi connectivity index (χ1n) is 7.94. The predicted octanol–water partition coefficient (Wildman–Crippen LogP) is 5.90. The second-order valence-electron chi connectivity index (χ2n) is 6.28. The first-order valence-corrected chi connectivity index (χ1v) is 9.67. The Labute approximate surface area is 175 Å². The maximum Gasteiger partial charge on any atom is 0.581 e. The molecule has 0 radical (unpaired) electrons. The van der Waals surface area contributed by atoms with E-state index in [1.807, 2.05) is 0 Å². The molecule has 0 saturated carbocycles. The number of halogens is 16. The second-order valence-corrected chi connectivity index (χ2v) is 9.25. The molecule has 0 aliphatic carbocycles. The summed E-state index contributed by atoms with van der Waals surface area (Å²) in [5, 5.41) is 0. The summed E-state index contributed by atoms with van der Waals surface area (Å²) in [6.07, 6.45) is -15.8. The average molecular weight is 550 g/mol. The van der Waals surface area contributed by atoms with Crippen molar-refractivity contribution < 1.29 is 83.5 Å². The van der Waals surface area contributed by atoms with Crippen molar-refractivity contribution in [3.05, 3.63) is 0 Å². The van der Waals surface area contributed by atoms with Crippen LogP contribution < -0.4 is 0 Å². The molecule has 0 aromatic rings. The van der Waals surface area contributed by atoms with Crippen molar-refractivity contribution in [3.8, 4) is 0 Å². The van der Waals surface area contributed by atoms with Crippen molar-refractivity contribution in [2.45, 2.75) is 60.3 Å². The van der Waals surface area contributed by atoms with Gasteiger partial charge >= 0.3 is 50.1 Å². The molecule has 0 rings (SSSR count). The minimum absolute atomic E-state index is 0.0800. The lowest BCUT2D eigenvalue weighted by molar-refractivity contribution is -0.425. The maximum atomic E-state index is 14.1. The molecule has 0 fully saturated rings. The molecule has 0 N–H and O–H groups in total. The molecule has 0 amide bonds. The van der Waals surface area contributed by atoms with Gasteiger partial charge in [-0.05, 0) is 6.42 Å². The van der Waals surface area contributed by atoms with E-state index in [9.17, 15) is 70.2 Å². The average Bonchev–Trinajstić information content (AvgIpc) is 2.66. The van der Waals surface area contributed by atoms with Crippen LogP contribution in [0.3, 0.4) is 0 Å². The Bertz CT molecular complexity index is 652. The monoisotopic (exact) mass is 550 g/mol. The van der Waals surface area contributed by atoms with E-state index in [-0.39, 0.29) is 21.3 Å². The summed E-state index contributed by atoms with van der Waals surface area (Å²) in [5.74, 6) is -39.0. The normalized spacial score (nSPS) is 16.8. The Kier molecular flexibility index (Phi) is 8.92. The molecule has 0 heterocycles. The molecule has 0 saturated heterocycles. The molecular weight excluding hydrogens is 536 g/mol. The smallest absolute Gasteiger partial charge is 0.373 e. The topological polar surface area (TPSA) is 27.7 Å². The van der Waals surface area contributed by atoms with Gasteiger partial charge in [-0.15, -0.1) is 0 Å². The largest absolute Gasteiger partial charge is 0.581 e. The molecule has 1 unspecified atom stereocenters. The zero-order valence-electron chi connectivity index (χ0n) is 16.3. The molecule has 0 aromatic carbocycles. The highest BCUT2D eigenvalue weighted by atomic mass is 28.4. The van der Waals surface area contributed by atoms with E-state index in [1.165, 1.54) is 0 Å². The SMILES string of the molecule is CO[Si](OC)(OC)C(F)(F)C(F)(F)C(F)(F)C(F)(F)C(F)(F)C(F)(F)C(F)CCC(F)(F)F. The first kappa shape index (κ1) is 32.0. The third-order valence-electron chi connectivity index (χ3n) is 4.26. The lowest BCUT2D eigenvalue weighted by Gasteiger charge is -2.44. The fraction of sp³-hybridized carbons (Fsp3) is 1.00. The zero-order valence-corrected chi connectivity index (χ0v) is 17.3. The van der Waals surface area contributed by atoms with Crippen LogP contribution in [0.15, 0.2) is 0 Å². The van der Waals surface area contributed by atoms with Crippen LogP contribution in [-0.4, -0.2) is 77.6 Å². The van der Waals surface area contributed by atoms with E-state index < -0.39 is 69.2 Å². The first-order chi connectivity index (χ1) is 14.3. The summed E-state index contributed by atoms with van der Waals surface area (Å²) in [6.45, 7) is 0. The molecule has 0 bridgehead atoms. The second kappa shape index (κ2) is 9.21. The minimum atomic E-state index is -8.17. The molecule has 33 heavy (non-hydrogen) atoms. The Morgan fingerprint density at radius 1 is 0.576 bits per heavy atom. The van der Waals surface area contributed by atoms with Crippen molar-refractivity contribution in [1.82, 2.24) is 0 Å². The fourth-order valence-electron chi connectivity index (χ4n) is 2.30. The molecular formula is C13H14F16O3Si. The van der Waals surface area contributed by atoms with Crippen molar-refractivity contribution in [1.29, 1.82) is 0 Å². The van der Waals surface area contributed by atoms with Gasteiger partial charge in [0.25, 0.3) is 0 Å². The molecule has 20 heteroatoms. The third kappa shape index (κ3) is 4.75. The zero-order chi connectivity index (χ0) is 27.1. The van der Waals surface area contributed by atoms with Gasteiger partial charge in [0, 0.05) is 27.8 Å². The molecule has 200 valence electrons. The van der Waals surface area contributed by atoms with E-state index in [1.54, 1.807) is 0 Å². The molecule has 0 aromatic heterocycles. The van der Waals surface area contributed by atoms with Gasteiger partial charge in [-0.2, -0.15) is 65.9 Å². The van der Waals surface area contributed by atoms with Gasteiger partial charge in [-0.3, -0.25) is 0 Å². The summed E-state index contributed by atoms with van der Waals surface area (Å²) >= 11 is 0. The van der Waals surface area contributed by atoms with Crippen LogP contribution in [0.4, 0.5) is 70.2 Å². The quantitative estimate of drug-likeness (QED) is 0.224. The van der Waals surface area contributed by atoms with Gasteiger partial charge in [-0.25, -0.2) is 4.39 Å². The number of rotatable bonds is 12. The lowest BCUT2D eigenvalue weighted by Crippen LogP contribution is -2.77. The van der Waals surface area contributed by atoms with E-state index in [0.29, 0.717) is 0 Å². The summed E-state index contributed by atoms with van der Waals surface area (Å²) in [4.78, 5) is 0. The van der Waals surface area contributed by atoms with Crippen LogP contribution >= 0.6 is 0 Å². The maximum absolute atomic E-state index is 14.1. The highest BCUT2D eigenvalue weighted by Crippen LogP contribution is 2.62. The van der Waals surface area contributed by atoms with E-state index in [0.717, 1.165) is 0 Å². The van der Waals surface area contributed by atoms with Crippen LogP contribution in [0.25, 0.3) is 0 Å². The Morgan fingerprint density at radius 2 is 0.909 bits per heavy atom. The van der Waals surface area contributed by atoms with Crippen molar-refractivity contribution in [2.75, 3.05) is 21.3 Å². The molecule has 0 aliphatic heterocycles. The van der Waals surface area contributed by atoms with E-state index in [4.69, 9.17) is 0 Å². The summed E-state index contributed by atoms with van der Waals surface area (Å²) < 4.78 is 226. The number of hydrogen-bond donors (Lipinski definition) is 0. The minimum Gasteiger partial charge on any atom is -0.373 e. The van der Waals surface area contributed by atoms with Gasteiger partial charge < -0.3 is 13.3 Å². The standard InChI is InChI=1S/C13H14F16O3Si/c1-30-33(31-2,32-3)13(28,29)12(26,27)11(24,25)10(22,23)9(20,21)8(18,19)6(14)4-5-7(15,16)17/h6H,4-5H2,1-3H3. The predicted molar refractivity (Wildman–Crippen MR) is 76.6 cm³/mol. The fourth-order valence-corrected chi connectivity index (χ4v) is 4.11. The van der Waals surface area contributed by atoms with Gasteiger partial charge in [0.1, 0.15) is 0 Å². The van der Waals surface area contributed by atoms with Gasteiger partial charge in [0.2, 0.25) is 0 Å². The Morgan fingerprint density at radius 3 is 1.21 bits per heavy atom. The van der Waals surface area contributed by atoms with E-state index >= 15 is 0 Å². The van der Waals surface area contributed by atoms with Crippen LogP contribution in [0.1, 0.15) is 12.8 Å². The summed E-state index contributed by atoms with van der Waals surface area (Å²) in [5.41, 5.74) is -6.69. The van der Waals surface area contributed by atoms with Crippen LogP contribution in [-0.2, 0) is 13.3 Å².